The second-order valence-corrected chi connectivity index (χ2v) is 5.76. The molecule has 1 aromatic rings. The lowest BCUT2D eigenvalue weighted by atomic mass is 9.86. The number of amides is 1. The standard InChI is InChI=1S/C15H21NO4/c1-15(2,3)12(13(17)18)16(4)14(19)20-10-11-8-6-5-7-9-11/h5-9,12H,10H2,1-4H3,(H,17,18). The molecule has 0 radical (unpaired) electrons. The molecule has 1 rings (SSSR count). The number of aliphatic carboxylic acids is 1. The number of nitrogens with zero attached hydrogens (tertiary/aromatic N) is 1. The second kappa shape index (κ2) is 6.41. The van der Waals surface area contributed by atoms with Gasteiger partial charge in [-0.15, -0.1) is 0 Å². The number of carboxylic acid groups (broad SMARTS) is 1. The fourth-order valence-corrected chi connectivity index (χ4v) is 2.04. The van der Waals surface area contributed by atoms with Gasteiger partial charge in [-0.05, 0) is 11.0 Å². The molecule has 0 heterocycles. The average Bonchev–Trinajstić information content (AvgIpc) is 2.34. The summed E-state index contributed by atoms with van der Waals surface area (Å²) in [5.41, 5.74) is 0.281. The summed E-state index contributed by atoms with van der Waals surface area (Å²) in [5.74, 6) is -1.04. The molecule has 5 nitrogen and oxygen atoms in total. The van der Waals surface area contributed by atoms with Gasteiger partial charge < -0.3 is 9.84 Å². The zero-order chi connectivity index (χ0) is 15.3. The highest BCUT2D eigenvalue weighted by Gasteiger charge is 2.37. The fraction of sp³-hybridized carbons (Fsp3) is 0.467. The summed E-state index contributed by atoms with van der Waals surface area (Å²) in [6, 6.07) is 8.31. The smallest absolute Gasteiger partial charge is 0.410 e. The van der Waals surface area contributed by atoms with Crippen molar-refractivity contribution in [2.75, 3.05) is 7.05 Å². The number of hydrogen-bond acceptors (Lipinski definition) is 3. The highest BCUT2D eigenvalue weighted by atomic mass is 16.6. The van der Waals surface area contributed by atoms with E-state index in [1.165, 1.54) is 7.05 Å². The number of carboxylic acids is 1. The van der Waals surface area contributed by atoms with Gasteiger partial charge in [0.1, 0.15) is 12.6 Å². The topological polar surface area (TPSA) is 66.8 Å². The average molecular weight is 279 g/mol. The van der Waals surface area contributed by atoms with Gasteiger partial charge in [-0.25, -0.2) is 9.59 Å². The molecule has 0 fully saturated rings. The Hall–Kier alpha value is -2.04. The number of likely N-dealkylation sites (N-methyl/N-ethyl adjacent to an activating group) is 1. The van der Waals surface area contributed by atoms with Crippen LogP contribution in [0.5, 0.6) is 0 Å². The van der Waals surface area contributed by atoms with Crippen LogP contribution in [0.4, 0.5) is 4.79 Å². The van der Waals surface area contributed by atoms with E-state index >= 15 is 0 Å². The SMILES string of the molecule is CN(C(=O)OCc1ccccc1)C(C(=O)O)C(C)(C)C. The third-order valence-electron chi connectivity index (χ3n) is 2.93. The molecule has 0 saturated carbocycles. The minimum absolute atomic E-state index is 0.125. The van der Waals surface area contributed by atoms with Gasteiger partial charge in [0.15, 0.2) is 0 Å². The zero-order valence-corrected chi connectivity index (χ0v) is 12.3. The molecule has 1 aromatic carbocycles. The Kier molecular flexibility index (Phi) is 5.13. The molecule has 5 heteroatoms. The summed E-state index contributed by atoms with van der Waals surface area (Å²) in [6.45, 7) is 5.44. The maximum Gasteiger partial charge on any atom is 0.410 e. The minimum Gasteiger partial charge on any atom is -0.480 e. The van der Waals surface area contributed by atoms with E-state index in [0.29, 0.717) is 0 Å². The summed E-state index contributed by atoms with van der Waals surface area (Å²) in [6.07, 6.45) is -0.642. The van der Waals surface area contributed by atoms with Crippen LogP contribution >= 0.6 is 0 Å². The molecule has 0 aromatic heterocycles. The predicted molar refractivity (Wildman–Crippen MR) is 75.3 cm³/mol. The van der Waals surface area contributed by atoms with Gasteiger partial charge in [0.2, 0.25) is 0 Å². The molecule has 0 spiro atoms. The summed E-state index contributed by atoms with van der Waals surface area (Å²) in [5, 5.41) is 9.26. The first kappa shape index (κ1) is 16.0. The third kappa shape index (κ3) is 4.26. The van der Waals surface area contributed by atoms with Crippen molar-refractivity contribution in [3.8, 4) is 0 Å². The van der Waals surface area contributed by atoms with Crippen molar-refractivity contribution in [3.63, 3.8) is 0 Å². The summed E-state index contributed by atoms with van der Waals surface area (Å²) in [7, 11) is 1.44. The van der Waals surface area contributed by atoms with Crippen molar-refractivity contribution in [2.24, 2.45) is 5.41 Å². The molecule has 0 bridgehead atoms. The van der Waals surface area contributed by atoms with Crippen LogP contribution in [-0.2, 0) is 16.1 Å². The number of ether oxygens (including phenoxy) is 1. The van der Waals surface area contributed by atoms with Gasteiger partial charge in [0, 0.05) is 7.05 Å². The van der Waals surface area contributed by atoms with Crippen molar-refractivity contribution < 1.29 is 19.4 Å². The van der Waals surface area contributed by atoms with Crippen LogP contribution < -0.4 is 0 Å². The number of rotatable bonds is 4. The van der Waals surface area contributed by atoms with Gasteiger partial charge in [0.05, 0.1) is 0 Å². The van der Waals surface area contributed by atoms with E-state index in [1.54, 1.807) is 20.8 Å². The quantitative estimate of drug-likeness (QED) is 0.920. The van der Waals surface area contributed by atoms with Gasteiger partial charge >= 0.3 is 12.1 Å². The zero-order valence-electron chi connectivity index (χ0n) is 12.3. The Bertz CT molecular complexity index is 465. The summed E-state index contributed by atoms with van der Waals surface area (Å²) in [4.78, 5) is 24.4. The Morgan fingerprint density at radius 3 is 2.25 bits per heavy atom. The molecular weight excluding hydrogens is 258 g/mol. The number of hydrogen-bond donors (Lipinski definition) is 1. The molecule has 0 aliphatic rings. The lowest BCUT2D eigenvalue weighted by molar-refractivity contribution is -0.146. The van der Waals surface area contributed by atoms with Crippen molar-refractivity contribution >= 4 is 12.1 Å². The lowest BCUT2D eigenvalue weighted by Crippen LogP contribution is -2.50. The maximum atomic E-state index is 11.9. The largest absolute Gasteiger partial charge is 0.480 e. The van der Waals surface area contributed by atoms with Crippen molar-refractivity contribution in [2.45, 2.75) is 33.4 Å². The maximum absolute atomic E-state index is 11.9. The molecule has 0 aliphatic carbocycles. The van der Waals surface area contributed by atoms with Crippen LogP contribution in [0.1, 0.15) is 26.3 Å². The Labute approximate surface area is 119 Å². The highest BCUT2D eigenvalue weighted by molar-refractivity contribution is 5.80. The van der Waals surface area contributed by atoms with Crippen LogP contribution in [0.2, 0.25) is 0 Å². The normalized spacial score (nSPS) is 12.6. The number of benzene rings is 1. The monoisotopic (exact) mass is 279 g/mol. The van der Waals surface area contributed by atoms with Crippen LogP contribution in [-0.4, -0.2) is 35.2 Å². The van der Waals surface area contributed by atoms with Crippen molar-refractivity contribution in [1.29, 1.82) is 0 Å². The van der Waals surface area contributed by atoms with Gasteiger partial charge in [-0.1, -0.05) is 51.1 Å². The molecule has 1 amide bonds. The fourth-order valence-electron chi connectivity index (χ4n) is 2.04. The van der Waals surface area contributed by atoms with E-state index in [1.807, 2.05) is 30.3 Å². The van der Waals surface area contributed by atoms with Crippen LogP contribution in [0, 0.1) is 5.41 Å². The second-order valence-electron chi connectivity index (χ2n) is 5.76. The van der Waals surface area contributed by atoms with Crippen LogP contribution in [0.15, 0.2) is 30.3 Å². The van der Waals surface area contributed by atoms with Crippen molar-refractivity contribution in [3.05, 3.63) is 35.9 Å². The highest BCUT2D eigenvalue weighted by Crippen LogP contribution is 2.24. The lowest BCUT2D eigenvalue weighted by Gasteiger charge is -2.33. The van der Waals surface area contributed by atoms with E-state index in [4.69, 9.17) is 4.74 Å². The number of carbonyl (C=O) groups excluding carboxylic acids is 1. The Morgan fingerprint density at radius 2 is 1.80 bits per heavy atom. The van der Waals surface area contributed by atoms with Crippen LogP contribution in [0.3, 0.4) is 0 Å². The summed E-state index contributed by atoms with van der Waals surface area (Å²) >= 11 is 0. The molecule has 1 N–H and O–H groups in total. The van der Waals surface area contributed by atoms with E-state index in [-0.39, 0.29) is 6.61 Å². The van der Waals surface area contributed by atoms with Gasteiger partial charge in [-0.2, -0.15) is 0 Å². The first-order valence-corrected chi connectivity index (χ1v) is 6.40. The summed E-state index contributed by atoms with van der Waals surface area (Å²) < 4.78 is 5.14. The van der Waals surface area contributed by atoms with Gasteiger partial charge in [0.25, 0.3) is 0 Å². The molecule has 1 atom stereocenters. The third-order valence-corrected chi connectivity index (χ3v) is 2.93. The Morgan fingerprint density at radius 1 is 1.25 bits per heavy atom. The number of carbonyl (C=O) groups is 2. The first-order chi connectivity index (χ1) is 9.23. The predicted octanol–water partition coefficient (Wildman–Crippen LogP) is 2.75. The van der Waals surface area contributed by atoms with E-state index in [2.05, 4.69) is 0 Å². The molecule has 1 unspecified atom stereocenters. The molecule has 0 aliphatic heterocycles. The first-order valence-electron chi connectivity index (χ1n) is 6.40. The van der Waals surface area contributed by atoms with E-state index in [0.717, 1.165) is 10.5 Å². The van der Waals surface area contributed by atoms with E-state index in [9.17, 15) is 14.7 Å². The molecule has 0 saturated heterocycles. The van der Waals surface area contributed by atoms with Crippen molar-refractivity contribution in [1.82, 2.24) is 4.90 Å². The molecule has 20 heavy (non-hydrogen) atoms. The minimum atomic E-state index is -1.04. The molecular formula is C15H21NO4. The van der Waals surface area contributed by atoms with E-state index < -0.39 is 23.5 Å². The van der Waals surface area contributed by atoms with Crippen LogP contribution in [0.25, 0.3) is 0 Å². The van der Waals surface area contributed by atoms with Gasteiger partial charge in [-0.3, -0.25) is 4.90 Å². The molecule has 110 valence electrons. The Balaban J connectivity index is 2.68.